The number of nitrogen functional groups attached to an aromatic ring is 1. The maximum absolute atomic E-state index is 6.12. The van der Waals surface area contributed by atoms with E-state index < -0.39 is 0 Å². The molecule has 3 N–H and O–H groups in total. The van der Waals surface area contributed by atoms with E-state index >= 15 is 0 Å². The molecular weight excluding hydrogens is 352 g/mol. The summed E-state index contributed by atoms with van der Waals surface area (Å²) >= 11 is 8.27. The Labute approximate surface area is 118 Å². The normalized spacial score (nSPS) is 10.5. The molecular formula is C11H11ClIN3O. The number of aromatic nitrogens is 2. The van der Waals surface area contributed by atoms with Crippen molar-refractivity contribution in [1.82, 2.24) is 10.2 Å². The Kier molecular flexibility index (Phi) is 3.78. The van der Waals surface area contributed by atoms with Crippen molar-refractivity contribution in [1.29, 1.82) is 0 Å². The second-order valence-corrected chi connectivity index (χ2v) is 4.86. The summed E-state index contributed by atoms with van der Waals surface area (Å²) in [7, 11) is 0. The summed E-state index contributed by atoms with van der Waals surface area (Å²) in [5.41, 5.74) is 7.49. The van der Waals surface area contributed by atoms with Gasteiger partial charge in [0.1, 0.15) is 5.75 Å². The minimum Gasteiger partial charge on any atom is -0.492 e. The Hall–Kier alpha value is -0.950. The van der Waals surface area contributed by atoms with E-state index in [1.54, 1.807) is 0 Å². The van der Waals surface area contributed by atoms with Crippen molar-refractivity contribution in [3.8, 4) is 17.0 Å². The number of rotatable bonds is 3. The average molecular weight is 364 g/mol. The number of aromatic amines is 1. The summed E-state index contributed by atoms with van der Waals surface area (Å²) in [5, 5.41) is 7.42. The van der Waals surface area contributed by atoms with Crippen molar-refractivity contribution in [3.05, 3.63) is 26.8 Å². The number of nitrogens with zero attached hydrogens (tertiary/aromatic N) is 1. The Bertz CT molecular complexity index is 542. The van der Waals surface area contributed by atoms with Crippen LogP contribution in [0, 0.1) is 3.57 Å². The van der Waals surface area contributed by atoms with Gasteiger partial charge in [-0.2, -0.15) is 5.10 Å². The third-order valence-corrected chi connectivity index (χ3v) is 3.64. The van der Waals surface area contributed by atoms with Crippen LogP contribution in [0.15, 0.2) is 18.2 Å². The van der Waals surface area contributed by atoms with E-state index in [4.69, 9.17) is 22.1 Å². The predicted molar refractivity (Wildman–Crippen MR) is 77.3 cm³/mol. The van der Waals surface area contributed by atoms with Gasteiger partial charge >= 0.3 is 0 Å². The van der Waals surface area contributed by atoms with Gasteiger partial charge in [-0.05, 0) is 47.7 Å². The standard InChI is InChI=1S/C11H11ClIN3O/c1-2-17-8-4-3-6(5-7(8)12)10-9(13)11(14)16-15-10/h3-5H,2H2,1H3,(H3,14,15,16). The smallest absolute Gasteiger partial charge is 0.159 e. The van der Waals surface area contributed by atoms with Crippen LogP contribution in [-0.4, -0.2) is 16.8 Å². The van der Waals surface area contributed by atoms with E-state index in [1.165, 1.54) is 0 Å². The molecule has 17 heavy (non-hydrogen) atoms. The summed E-state index contributed by atoms with van der Waals surface area (Å²) in [4.78, 5) is 0. The fourth-order valence-corrected chi connectivity index (χ4v) is 2.25. The Balaban J connectivity index is 2.41. The molecule has 2 aromatic rings. The number of benzene rings is 1. The Morgan fingerprint density at radius 3 is 2.82 bits per heavy atom. The van der Waals surface area contributed by atoms with E-state index in [9.17, 15) is 0 Å². The van der Waals surface area contributed by atoms with Crippen molar-refractivity contribution in [2.75, 3.05) is 12.3 Å². The molecule has 90 valence electrons. The zero-order valence-electron chi connectivity index (χ0n) is 9.13. The van der Waals surface area contributed by atoms with Crippen LogP contribution in [0.2, 0.25) is 5.02 Å². The number of halogens is 2. The van der Waals surface area contributed by atoms with Crippen molar-refractivity contribution < 1.29 is 4.74 Å². The third-order valence-electron chi connectivity index (χ3n) is 2.25. The molecule has 6 heteroatoms. The van der Waals surface area contributed by atoms with Gasteiger partial charge in [0.05, 0.1) is 20.9 Å². The van der Waals surface area contributed by atoms with E-state index in [2.05, 4.69) is 32.8 Å². The third kappa shape index (κ3) is 2.50. The Morgan fingerprint density at radius 2 is 2.29 bits per heavy atom. The SMILES string of the molecule is CCOc1ccc(-c2[nH]nc(N)c2I)cc1Cl. The zero-order chi connectivity index (χ0) is 12.4. The summed E-state index contributed by atoms with van der Waals surface area (Å²) in [6, 6.07) is 5.60. The molecule has 0 spiro atoms. The van der Waals surface area contributed by atoms with Crippen LogP contribution in [-0.2, 0) is 0 Å². The number of ether oxygens (including phenoxy) is 1. The first-order chi connectivity index (χ1) is 8.13. The summed E-state index contributed by atoms with van der Waals surface area (Å²) < 4.78 is 6.27. The lowest BCUT2D eigenvalue weighted by Gasteiger charge is -2.07. The summed E-state index contributed by atoms with van der Waals surface area (Å²) in [6.45, 7) is 2.51. The van der Waals surface area contributed by atoms with Crippen molar-refractivity contribution in [2.24, 2.45) is 0 Å². The quantitative estimate of drug-likeness (QED) is 0.822. The molecule has 0 saturated carbocycles. The number of anilines is 1. The lowest BCUT2D eigenvalue weighted by atomic mass is 10.1. The van der Waals surface area contributed by atoms with E-state index in [-0.39, 0.29) is 0 Å². The molecule has 0 fully saturated rings. The van der Waals surface area contributed by atoms with E-state index in [0.717, 1.165) is 14.8 Å². The molecule has 1 aromatic heterocycles. The second kappa shape index (κ2) is 5.14. The molecule has 2 rings (SSSR count). The van der Waals surface area contributed by atoms with Crippen LogP contribution in [0.1, 0.15) is 6.92 Å². The largest absolute Gasteiger partial charge is 0.492 e. The zero-order valence-corrected chi connectivity index (χ0v) is 12.0. The molecule has 0 aliphatic heterocycles. The highest BCUT2D eigenvalue weighted by atomic mass is 127. The maximum Gasteiger partial charge on any atom is 0.159 e. The minimum atomic E-state index is 0.491. The highest BCUT2D eigenvalue weighted by molar-refractivity contribution is 14.1. The van der Waals surface area contributed by atoms with Crippen molar-refractivity contribution in [3.63, 3.8) is 0 Å². The molecule has 0 radical (unpaired) electrons. The van der Waals surface area contributed by atoms with Crippen LogP contribution < -0.4 is 10.5 Å². The highest BCUT2D eigenvalue weighted by Gasteiger charge is 2.11. The van der Waals surface area contributed by atoms with Gasteiger partial charge in [0.25, 0.3) is 0 Å². The molecule has 0 unspecified atom stereocenters. The first-order valence-electron chi connectivity index (χ1n) is 5.05. The fourth-order valence-electron chi connectivity index (χ4n) is 1.46. The average Bonchev–Trinajstić information content (AvgIpc) is 2.63. The van der Waals surface area contributed by atoms with Crippen LogP contribution >= 0.6 is 34.2 Å². The van der Waals surface area contributed by atoms with Gasteiger partial charge < -0.3 is 10.5 Å². The van der Waals surface area contributed by atoms with E-state index in [1.807, 2.05) is 25.1 Å². The topological polar surface area (TPSA) is 63.9 Å². The van der Waals surface area contributed by atoms with Crippen LogP contribution in [0.3, 0.4) is 0 Å². The molecule has 1 aromatic carbocycles. The number of hydrogen-bond donors (Lipinski definition) is 2. The number of nitrogens with two attached hydrogens (primary N) is 1. The van der Waals surface area contributed by atoms with E-state index in [0.29, 0.717) is 23.2 Å². The number of nitrogens with one attached hydrogen (secondary N) is 1. The first-order valence-corrected chi connectivity index (χ1v) is 6.51. The minimum absolute atomic E-state index is 0.491. The molecule has 0 bridgehead atoms. The monoisotopic (exact) mass is 363 g/mol. The van der Waals surface area contributed by atoms with Gasteiger partial charge in [-0.3, -0.25) is 5.10 Å². The molecule has 0 atom stereocenters. The highest BCUT2D eigenvalue weighted by Crippen LogP contribution is 2.32. The molecule has 4 nitrogen and oxygen atoms in total. The van der Waals surface area contributed by atoms with Gasteiger partial charge in [-0.1, -0.05) is 11.6 Å². The fraction of sp³-hybridized carbons (Fsp3) is 0.182. The Morgan fingerprint density at radius 1 is 1.53 bits per heavy atom. The van der Waals surface area contributed by atoms with Gasteiger partial charge in [0.2, 0.25) is 0 Å². The molecule has 0 aliphatic rings. The van der Waals surface area contributed by atoms with Crippen LogP contribution in [0.4, 0.5) is 5.82 Å². The molecule has 0 aliphatic carbocycles. The predicted octanol–water partition coefficient (Wildman–Crippen LogP) is 3.32. The first kappa shape index (κ1) is 12.5. The van der Waals surface area contributed by atoms with Gasteiger partial charge in [-0.25, -0.2) is 0 Å². The van der Waals surface area contributed by atoms with Gasteiger partial charge in [0.15, 0.2) is 5.82 Å². The van der Waals surface area contributed by atoms with Crippen LogP contribution in [0.5, 0.6) is 5.75 Å². The maximum atomic E-state index is 6.12. The number of H-pyrrole nitrogens is 1. The van der Waals surface area contributed by atoms with Crippen molar-refractivity contribution >= 4 is 40.0 Å². The lowest BCUT2D eigenvalue weighted by molar-refractivity contribution is 0.340. The van der Waals surface area contributed by atoms with Crippen LogP contribution in [0.25, 0.3) is 11.3 Å². The molecule has 1 heterocycles. The van der Waals surface area contributed by atoms with Gasteiger partial charge in [-0.15, -0.1) is 0 Å². The second-order valence-electron chi connectivity index (χ2n) is 3.38. The van der Waals surface area contributed by atoms with Gasteiger partial charge in [0, 0.05) is 5.56 Å². The summed E-state index contributed by atoms with van der Waals surface area (Å²) in [6.07, 6.45) is 0. The lowest BCUT2D eigenvalue weighted by Crippen LogP contribution is -1.92. The molecule has 0 amide bonds. The number of hydrogen-bond acceptors (Lipinski definition) is 3. The summed E-state index contributed by atoms with van der Waals surface area (Å²) in [5.74, 6) is 1.17. The van der Waals surface area contributed by atoms with Crippen molar-refractivity contribution in [2.45, 2.75) is 6.92 Å². The molecule has 0 saturated heterocycles.